The predicted molar refractivity (Wildman–Crippen MR) is 90.2 cm³/mol. The lowest BCUT2D eigenvalue weighted by atomic mass is 9.89. The zero-order chi connectivity index (χ0) is 15.5. The molecule has 22 heavy (non-hydrogen) atoms. The zero-order valence-electron chi connectivity index (χ0n) is 12.3. The molecular weight excluding hydrogens is 296 g/mol. The van der Waals surface area contributed by atoms with Crippen molar-refractivity contribution in [2.24, 2.45) is 0 Å². The van der Waals surface area contributed by atoms with Gasteiger partial charge in [0, 0.05) is 18.8 Å². The maximum Gasteiger partial charge on any atom is 0.255 e. The Labute approximate surface area is 135 Å². The van der Waals surface area contributed by atoms with Crippen LogP contribution in [0.2, 0.25) is 5.02 Å². The maximum atomic E-state index is 12.6. The van der Waals surface area contributed by atoms with E-state index in [1.807, 2.05) is 11.0 Å². The second kappa shape index (κ2) is 6.41. The summed E-state index contributed by atoms with van der Waals surface area (Å²) in [6, 6.07) is 15.6. The van der Waals surface area contributed by atoms with Crippen LogP contribution >= 0.6 is 11.6 Å². The highest BCUT2D eigenvalue weighted by Gasteiger charge is 2.25. The van der Waals surface area contributed by atoms with Crippen molar-refractivity contribution < 1.29 is 4.79 Å². The summed E-state index contributed by atoms with van der Waals surface area (Å²) in [6.07, 6.45) is 1.98. The number of amides is 1. The van der Waals surface area contributed by atoms with Gasteiger partial charge in [-0.25, -0.2) is 0 Å². The lowest BCUT2D eigenvalue weighted by molar-refractivity contribution is 0.0713. The molecule has 1 aliphatic rings. The number of anilines is 1. The first-order valence-electron chi connectivity index (χ1n) is 7.54. The van der Waals surface area contributed by atoms with Gasteiger partial charge in [0.1, 0.15) is 0 Å². The number of likely N-dealkylation sites (tertiary alicyclic amines) is 1. The molecule has 114 valence electrons. The number of carbonyl (C=O) groups excluding carboxylic acids is 1. The minimum absolute atomic E-state index is 0.00323. The van der Waals surface area contributed by atoms with E-state index in [2.05, 4.69) is 24.3 Å². The minimum atomic E-state index is -0.00323. The zero-order valence-corrected chi connectivity index (χ0v) is 13.1. The second-order valence-electron chi connectivity index (χ2n) is 5.72. The van der Waals surface area contributed by atoms with Crippen LogP contribution in [-0.2, 0) is 0 Å². The van der Waals surface area contributed by atoms with E-state index in [1.165, 1.54) is 5.56 Å². The average molecular weight is 315 g/mol. The third-order valence-corrected chi connectivity index (χ3v) is 4.59. The summed E-state index contributed by atoms with van der Waals surface area (Å²) in [4.78, 5) is 14.5. The number of nitrogens with two attached hydrogens (primary N) is 1. The third kappa shape index (κ3) is 3.09. The molecule has 3 nitrogen and oxygen atoms in total. The van der Waals surface area contributed by atoms with Crippen molar-refractivity contribution in [2.75, 3.05) is 18.8 Å². The monoisotopic (exact) mass is 314 g/mol. The van der Waals surface area contributed by atoms with Gasteiger partial charge in [0.2, 0.25) is 0 Å². The van der Waals surface area contributed by atoms with Gasteiger partial charge in [-0.15, -0.1) is 0 Å². The molecule has 0 bridgehead atoms. The van der Waals surface area contributed by atoms with Crippen molar-refractivity contribution in [1.29, 1.82) is 0 Å². The number of carbonyl (C=O) groups is 1. The molecule has 2 aromatic carbocycles. The Morgan fingerprint density at radius 3 is 2.41 bits per heavy atom. The Morgan fingerprint density at radius 2 is 1.77 bits per heavy atom. The molecule has 1 amide bonds. The van der Waals surface area contributed by atoms with E-state index < -0.39 is 0 Å². The number of piperidine rings is 1. The molecule has 2 N–H and O–H groups in total. The summed E-state index contributed by atoms with van der Waals surface area (Å²) in [6.45, 7) is 1.53. The lowest BCUT2D eigenvalue weighted by Gasteiger charge is -2.32. The summed E-state index contributed by atoms with van der Waals surface area (Å²) in [5.74, 6) is 0.531. The molecule has 2 aromatic rings. The van der Waals surface area contributed by atoms with Gasteiger partial charge in [0.15, 0.2) is 0 Å². The van der Waals surface area contributed by atoms with Crippen LogP contribution in [0.5, 0.6) is 0 Å². The SMILES string of the molecule is Nc1ccc(C(=O)N2CCC(c3ccccc3)CC2)c(Cl)c1. The van der Waals surface area contributed by atoms with Gasteiger partial charge in [-0.2, -0.15) is 0 Å². The van der Waals surface area contributed by atoms with E-state index in [-0.39, 0.29) is 5.91 Å². The number of nitrogen functional groups attached to an aromatic ring is 1. The van der Waals surface area contributed by atoms with Crippen molar-refractivity contribution in [2.45, 2.75) is 18.8 Å². The first-order chi connectivity index (χ1) is 10.6. The highest BCUT2D eigenvalue weighted by Crippen LogP contribution is 2.29. The molecule has 1 fully saturated rings. The molecule has 0 atom stereocenters. The van der Waals surface area contributed by atoms with E-state index in [4.69, 9.17) is 17.3 Å². The number of nitrogens with zero attached hydrogens (tertiary/aromatic N) is 1. The lowest BCUT2D eigenvalue weighted by Crippen LogP contribution is -2.38. The molecule has 0 aromatic heterocycles. The van der Waals surface area contributed by atoms with Gasteiger partial charge in [-0.3, -0.25) is 4.79 Å². The van der Waals surface area contributed by atoms with Gasteiger partial charge in [-0.05, 0) is 42.5 Å². The van der Waals surface area contributed by atoms with Crippen molar-refractivity contribution in [3.8, 4) is 0 Å². The van der Waals surface area contributed by atoms with Crippen molar-refractivity contribution in [3.05, 3.63) is 64.7 Å². The van der Waals surface area contributed by atoms with E-state index in [1.54, 1.807) is 18.2 Å². The summed E-state index contributed by atoms with van der Waals surface area (Å²) in [7, 11) is 0. The van der Waals surface area contributed by atoms with Gasteiger partial charge in [-0.1, -0.05) is 41.9 Å². The van der Waals surface area contributed by atoms with E-state index in [0.717, 1.165) is 25.9 Å². The van der Waals surface area contributed by atoms with Crippen LogP contribution in [0, 0.1) is 0 Å². The Morgan fingerprint density at radius 1 is 1.09 bits per heavy atom. The fourth-order valence-electron chi connectivity index (χ4n) is 3.02. The fraction of sp³-hybridized carbons (Fsp3) is 0.278. The van der Waals surface area contributed by atoms with Crippen molar-refractivity contribution in [1.82, 2.24) is 4.90 Å². The van der Waals surface area contributed by atoms with E-state index in [0.29, 0.717) is 22.2 Å². The minimum Gasteiger partial charge on any atom is -0.399 e. The molecule has 0 radical (unpaired) electrons. The highest BCUT2D eigenvalue weighted by atomic mass is 35.5. The summed E-state index contributed by atoms with van der Waals surface area (Å²) in [5.41, 5.74) is 8.15. The Balaban J connectivity index is 1.67. The van der Waals surface area contributed by atoms with Crippen LogP contribution < -0.4 is 5.73 Å². The van der Waals surface area contributed by atoms with Crippen LogP contribution in [0.1, 0.15) is 34.7 Å². The number of benzene rings is 2. The summed E-state index contributed by atoms with van der Waals surface area (Å²) < 4.78 is 0. The highest BCUT2D eigenvalue weighted by molar-refractivity contribution is 6.34. The van der Waals surface area contributed by atoms with E-state index in [9.17, 15) is 4.79 Å². The molecule has 4 heteroatoms. The van der Waals surface area contributed by atoms with Crippen LogP contribution in [0.3, 0.4) is 0 Å². The molecule has 0 spiro atoms. The first-order valence-corrected chi connectivity index (χ1v) is 7.92. The molecule has 1 saturated heterocycles. The largest absolute Gasteiger partial charge is 0.399 e. The van der Waals surface area contributed by atoms with Gasteiger partial charge in [0.05, 0.1) is 10.6 Å². The molecule has 0 aliphatic carbocycles. The number of rotatable bonds is 2. The predicted octanol–water partition coefficient (Wildman–Crippen LogP) is 3.94. The van der Waals surface area contributed by atoms with Gasteiger partial charge in [0.25, 0.3) is 5.91 Å². The van der Waals surface area contributed by atoms with Crippen LogP contribution in [0.4, 0.5) is 5.69 Å². The molecule has 0 saturated carbocycles. The van der Waals surface area contributed by atoms with Crippen molar-refractivity contribution in [3.63, 3.8) is 0 Å². The number of hydrogen-bond acceptors (Lipinski definition) is 2. The Bertz CT molecular complexity index is 664. The molecule has 1 aliphatic heterocycles. The Hall–Kier alpha value is -2.00. The topological polar surface area (TPSA) is 46.3 Å². The standard InChI is InChI=1S/C18H19ClN2O/c19-17-12-15(20)6-7-16(17)18(22)21-10-8-14(9-11-21)13-4-2-1-3-5-13/h1-7,12,14H,8-11,20H2. The van der Waals surface area contributed by atoms with E-state index >= 15 is 0 Å². The third-order valence-electron chi connectivity index (χ3n) is 4.28. The normalized spacial score (nSPS) is 15.8. The first kappa shape index (κ1) is 14.9. The Kier molecular flexibility index (Phi) is 4.34. The second-order valence-corrected chi connectivity index (χ2v) is 6.12. The van der Waals surface area contributed by atoms with Crippen LogP contribution in [0.25, 0.3) is 0 Å². The van der Waals surface area contributed by atoms with Crippen LogP contribution in [-0.4, -0.2) is 23.9 Å². The molecule has 3 rings (SSSR count). The quantitative estimate of drug-likeness (QED) is 0.853. The summed E-state index contributed by atoms with van der Waals surface area (Å²) >= 11 is 6.14. The fourth-order valence-corrected chi connectivity index (χ4v) is 3.29. The van der Waals surface area contributed by atoms with Gasteiger partial charge < -0.3 is 10.6 Å². The average Bonchev–Trinajstić information content (AvgIpc) is 2.55. The molecule has 1 heterocycles. The van der Waals surface area contributed by atoms with Crippen molar-refractivity contribution >= 4 is 23.2 Å². The summed E-state index contributed by atoms with van der Waals surface area (Å²) in [5, 5.41) is 0.426. The number of halogens is 1. The van der Waals surface area contributed by atoms with Crippen LogP contribution in [0.15, 0.2) is 48.5 Å². The number of hydrogen-bond donors (Lipinski definition) is 1. The smallest absolute Gasteiger partial charge is 0.255 e. The molecular formula is C18H19ClN2O. The van der Waals surface area contributed by atoms with Gasteiger partial charge >= 0.3 is 0 Å². The molecule has 0 unspecified atom stereocenters. The maximum absolute atomic E-state index is 12.6.